The first-order valence-corrected chi connectivity index (χ1v) is 7.76. The van der Waals surface area contributed by atoms with E-state index < -0.39 is 0 Å². The van der Waals surface area contributed by atoms with Gasteiger partial charge in [0.15, 0.2) is 5.96 Å². The highest BCUT2D eigenvalue weighted by Gasteiger charge is 2.32. The van der Waals surface area contributed by atoms with Gasteiger partial charge in [0.05, 0.1) is 12.1 Å². The third kappa shape index (κ3) is 7.67. The lowest BCUT2D eigenvalue weighted by Gasteiger charge is -2.36. The summed E-state index contributed by atoms with van der Waals surface area (Å²) in [5.41, 5.74) is 5.85. The van der Waals surface area contributed by atoms with Crippen LogP contribution < -0.4 is 11.1 Å². The fraction of sp³-hybridized carbons (Fsp3) is 0.933. The molecular weight excluding hydrogens is 365 g/mol. The maximum absolute atomic E-state index is 6.11. The molecule has 0 saturated heterocycles. The van der Waals surface area contributed by atoms with Crippen molar-refractivity contribution in [1.29, 1.82) is 0 Å². The molecule has 0 heterocycles. The van der Waals surface area contributed by atoms with Gasteiger partial charge in [0, 0.05) is 13.2 Å². The second-order valence-corrected chi connectivity index (χ2v) is 6.07. The van der Waals surface area contributed by atoms with Crippen LogP contribution >= 0.6 is 24.0 Å². The van der Waals surface area contributed by atoms with Crippen molar-refractivity contribution in [2.45, 2.75) is 64.9 Å². The van der Waals surface area contributed by atoms with Gasteiger partial charge in [0.2, 0.25) is 0 Å². The van der Waals surface area contributed by atoms with E-state index in [0.29, 0.717) is 18.4 Å². The van der Waals surface area contributed by atoms with Crippen LogP contribution in [0.3, 0.4) is 0 Å². The van der Waals surface area contributed by atoms with Crippen LogP contribution in [0.1, 0.15) is 59.3 Å². The zero-order valence-electron chi connectivity index (χ0n) is 13.3. The number of ether oxygens (including phenoxy) is 1. The van der Waals surface area contributed by atoms with Crippen molar-refractivity contribution in [2.75, 3.05) is 19.7 Å². The number of aliphatic imine (C=N–C) groups is 1. The summed E-state index contributed by atoms with van der Waals surface area (Å²) < 4.78 is 6.11. The van der Waals surface area contributed by atoms with E-state index in [1.807, 2.05) is 0 Å². The lowest BCUT2D eigenvalue weighted by atomic mass is 9.84. The van der Waals surface area contributed by atoms with Gasteiger partial charge in [0.25, 0.3) is 0 Å². The van der Waals surface area contributed by atoms with Crippen molar-refractivity contribution in [3.8, 4) is 0 Å². The molecule has 1 fully saturated rings. The highest BCUT2D eigenvalue weighted by Crippen LogP contribution is 2.32. The number of rotatable bonds is 7. The van der Waals surface area contributed by atoms with Gasteiger partial charge in [-0.25, -0.2) is 0 Å². The Kier molecular flexibility index (Phi) is 10.6. The van der Waals surface area contributed by atoms with Crippen molar-refractivity contribution in [2.24, 2.45) is 16.6 Å². The molecule has 1 rings (SSSR count). The van der Waals surface area contributed by atoms with Crippen molar-refractivity contribution in [3.63, 3.8) is 0 Å². The molecular formula is C15H32IN3O. The first-order chi connectivity index (χ1) is 9.08. The van der Waals surface area contributed by atoms with Crippen molar-refractivity contribution in [3.05, 3.63) is 0 Å². The first-order valence-electron chi connectivity index (χ1n) is 7.76. The molecule has 1 aliphatic carbocycles. The van der Waals surface area contributed by atoms with E-state index in [1.165, 1.54) is 19.3 Å². The summed E-state index contributed by atoms with van der Waals surface area (Å²) in [5.74, 6) is 1.13. The van der Waals surface area contributed by atoms with Gasteiger partial charge in [0.1, 0.15) is 0 Å². The second kappa shape index (κ2) is 10.7. The minimum atomic E-state index is -0.0572. The Labute approximate surface area is 141 Å². The van der Waals surface area contributed by atoms with Crippen molar-refractivity contribution < 1.29 is 4.74 Å². The molecule has 0 aromatic carbocycles. The molecule has 0 amide bonds. The molecule has 20 heavy (non-hydrogen) atoms. The van der Waals surface area contributed by atoms with Gasteiger partial charge >= 0.3 is 0 Å². The SMILES string of the molecule is CCCOC1(CN=C(N)NCC(C)C)CCCCC1.I. The predicted molar refractivity (Wildman–Crippen MR) is 96.8 cm³/mol. The number of nitrogens with zero attached hydrogens (tertiary/aromatic N) is 1. The number of halogens is 1. The number of hydrogen-bond donors (Lipinski definition) is 2. The fourth-order valence-electron chi connectivity index (χ4n) is 2.46. The van der Waals surface area contributed by atoms with E-state index in [-0.39, 0.29) is 29.6 Å². The van der Waals surface area contributed by atoms with Gasteiger partial charge in [-0.1, -0.05) is 40.0 Å². The van der Waals surface area contributed by atoms with Gasteiger partial charge < -0.3 is 15.8 Å². The molecule has 0 bridgehead atoms. The molecule has 0 atom stereocenters. The summed E-state index contributed by atoms with van der Waals surface area (Å²) in [6.07, 6.45) is 7.12. The monoisotopic (exact) mass is 397 g/mol. The smallest absolute Gasteiger partial charge is 0.188 e. The van der Waals surface area contributed by atoms with Crippen LogP contribution in [0.4, 0.5) is 0 Å². The zero-order chi connectivity index (χ0) is 14.1. The average molecular weight is 397 g/mol. The van der Waals surface area contributed by atoms with Crippen molar-refractivity contribution >= 4 is 29.9 Å². The normalized spacial score (nSPS) is 18.7. The first kappa shape index (κ1) is 20.0. The van der Waals surface area contributed by atoms with Crippen LogP contribution in [0, 0.1) is 5.92 Å². The molecule has 0 unspecified atom stereocenters. The Morgan fingerprint density at radius 3 is 2.50 bits per heavy atom. The summed E-state index contributed by atoms with van der Waals surface area (Å²) in [5, 5.41) is 3.17. The van der Waals surface area contributed by atoms with E-state index in [1.54, 1.807) is 0 Å². The molecule has 3 N–H and O–H groups in total. The Morgan fingerprint density at radius 1 is 1.30 bits per heavy atom. The summed E-state index contributed by atoms with van der Waals surface area (Å²) in [6.45, 7) is 8.87. The third-order valence-electron chi connectivity index (χ3n) is 3.61. The second-order valence-electron chi connectivity index (χ2n) is 6.07. The fourth-order valence-corrected chi connectivity index (χ4v) is 2.46. The zero-order valence-corrected chi connectivity index (χ0v) is 15.6. The molecule has 1 saturated carbocycles. The van der Waals surface area contributed by atoms with Gasteiger partial charge in [-0.2, -0.15) is 0 Å². The van der Waals surface area contributed by atoms with Crippen LogP contribution in [0.15, 0.2) is 4.99 Å². The van der Waals surface area contributed by atoms with E-state index in [4.69, 9.17) is 10.5 Å². The number of hydrogen-bond acceptors (Lipinski definition) is 2. The van der Waals surface area contributed by atoms with Gasteiger partial charge in [-0.05, 0) is 25.2 Å². The minimum Gasteiger partial charge on any atom is -0.373 e. The molecule has 0 aromatic rings. The van der Waals surface area contributed by atoms with E-state index >= 15 is 0 Å². The number of guanidine groups is 1. The third-order valence-corrected chi connectivity index (χ3v) is 3.61. The Balaban J connectivity index is 0.00000361. The molecule has 4 nitrogen and oxygen atoms in total. The molecule has 0 spiro atoms. The van der Waals surface area contributed by atoms with E-state index in [0.717, 1.165) is 32.4 Å². The molecule has 0 aliphatic heterocycles. The highest BCUT2D eigenvalue weighted by molar-refractivity contribution is 14.0. The molecule has 0 radical (unpaired) electrons. The molecule has 5 heteroatoms. The van der Waals surface area contributed by atoms with Crippen LogP contribution in [0.25, 0.3) is 0 Å². The molecule has 120 valence electrons. The van der Waals surface area contributed by atoms with Gasteiger partial charge in [-0.15, -0.1) is 24.0 Å². The maximum atomic E-state index is 6.11. The van der Waals surface area contributed by atoms with E-state index in [9.17, 15) is 0 Å². The number of nitrogens with one attached hydrogen (secondary N) is 1. The van der Waals surface area contributed by atoms with Gasteiger partial charge in [-0.3, -0.25) is 4.99 Å². The van der Waals surface area contributed by atoms with Crippen molar-refractivity contribution in [1.82, 2.24) is 5.32 Å². The van der Waals surface area contributed by atoms with Crippen LogP contribution in [0.5, 0.6) is 0 Å². The molecule has 0 aromatic heterocycles. The summed E-state index contributed by atoms with van der Waals surface area (Å²) >= 11 is 0. The standard InChI is InChI=1S/C15H31N3O.HI/c1-4-10-19-15(8-6-5-7-9-15)12-18-14(16)17-11-13(2)3;/h13H,4-12H2,1-3H3,(H3,16,17,18);1H. The Morgan fingerprint density at radius 2 is 1.95 bits per heavy atom. The van der Waals surface area contributed by atoms with E-state index in [2.05, 4.69) is 31.1 Å². The number of nitrogens with two attached hydrogens (primary N) is 1. The molecule has 1 aliphatic rings. The summed E-state index contributed by atoms with van der Waals surface area (Å²) in [6, 6.07) is 0. The predicted octanol–water partition coefficient (Wildman–Crippen LogP) is 3.29. The Bertz CT molecular complexity index is 276. The van der Waals surface area contributed by atoms with Crippen LogP contribution in [-0.2, 0) is 4.74 Å². The lowest BCUT2D eigenvalue weighted by Crippen LogP contribution is -2.41. The van der Waals surface area contributed by atoms with Crippen LogP contribution in [0.2, 0.25) is 0 Å². The quantitative estimate of drug-likeness (QED) is 0.394. The lowest BCUT2D eigenvalue weighted by molar-refractivity contribution is -0.0624. The van der Waals surface area contributed by atoms with Crippen LogP contribution in [-0.4, -0.2) is 31.3 Å². The maximum Gasteiger partial charge on any atom is 0.188 e. The highest BCUT2D eigenvalue weighted by atomic mass is 127. The minimum absolute atomic E-state index is 0. The topological polar surface area (TPSA) is 59.6 Å². The Hall–Kier alpha value is -0.0400. The average Bonchev–Trinajstić information content (AvgIpc) is 2.42. The summed E-state index contributed by atoms with van der Waals surface area (Å²) in [4.78, 5) is 4.50. The summed E-state index contributed by atoms with van der Waals surface area (Å²) in [7, 11) is 0. The largest absolute Gasteiger partial charge is 0.373 e.